The van der Waals surface area contributed by atoms with E-state index >= 15 is 0 Å². The van der Waals surface area contributed by atoms with Crippen LogP contribution in [-0.2, 0) is 11.3 Å². The van der Waals surface area contributed by atoms with Crippen LogP contribution in [0.3, 0.4) is 0 Å². The quantitative estimate of drug-likeness (QED) is 0.684. The Hall–Kier alpha value is -3.36. The van der Waals surface area contributed by atoms with Crippen molar-refractivity contribution in [1.82, 2.24) is 25.3 Å². The molecule has 9 nitrogen and oxygen atoms in total. The number of carboxylic acid groups (broad SMARTS) is 1. The fourth-order valence-corrected chi connectivity index (χ4v) is 3.31. The smallest absolute Gasteiger partial charge is 0.356 e. The van der Waals surface area contributed by atoms with Gasteiger partial charge in [0.15, 0.2) is 5.69 Å². The molecule has 1 atom stereocenters. The van der Waals surface area contributed by atoms with E-state index in [-0.39, 0.29) is 23.7 Å². The van der Waals surface area contributed by atoms with Crippen LogP contribution in [-0.4, -0.2) is 56.3 Å². The second-order valence-corrected chi connectivity index (χ2v) is 7.29. The minimum Gasteiger partial charge on any atom is -0.476 e. The van der Waals surface area contributed by atoms with Crippen LogP contribution in [0, 0.1) is 0 Å². The first-order valence-electron chi connectivity index (χ1n) is 9.58. The highest BCUT2D eigenvalue weighted by Gasteiger charge is 2.34. The molecule has 0 unspecified atom stereocenters. The molecule has 1 aliphatic heterocycles. The molecule has 29 heavy (non-hydrogen) atoms. The van der Waals surface area contributed by atoms with Gasteiger partial charge in [0.05, 0.1) is 5.69 Å². The average Bonchev–Trinajstić information content (AvgIpc) is 3.35. The number of carbonyl (C=O) groups is 3. The van der Waals surface area contributed by atoms with Crippen LogP contribution in [0.2, 0.25) is 0 Å². The van der Waals surface area contributed by atoms with Gasteiger partial charge < -0.3 is 20.6 Å². The normalized spacial score (nSPS) is 16.1. The number of likely N-dealkylation sites (tertiary alicyclic amines) is 1. The molecule has 0 aliphatic carbocycles. The Morgan fingerprint density at radius 2 is 2.07 bits per heavy atom. The molecule has 0 radical (unpaired) electrons. The van der Waals surface area contributed by atoms with Gasteiger partial charge in [-0.3, -0.25) is 4.79 Å². The Bertz CT molecular complexity index is 908. The van der Waals surface area contributed by atoms with Crippen molar-refractivity contribution in [2.75, 3.05) is 6.54 Å². The lowest BCUT2D eigenvalue weighted by Crippen LogP contribution is -2.50. The van der Waals surface area contributed by atoms with E-state index < -0.39 is 12.0 Å². The van der Waals surface area contributed by atoms with Crippen LogP contribution in [0.5, 0.6) is 0 Å². The number of nitrogens with one attached hydrogen (secondary N) is 2. The Balaban J connectivity index is 1.63. The number of urea groups is 1. The highest BCUT2D eigenvalue weighted by atomic mass is 16.4. The largest absolute Gasteiger partial charge is 0.476 e. The van der Waals surface area contributed by atoms with Crippen LogP contribution in [0.15, 0.2) is 36.5 Å². The monoisotopic (exact) mass is 399 g/mol. The molecule has 3 rings (SSSR count). The lowest BCUT2D eigenvalue weighted by Gasteiger charge is -2.25. The third-order valence-electron chi connectivity index (χ3n) is 4.68. The fourth-order valence-electron chi connectivity index (χ4n) is 3.31. The zero-order chi connectivity index (χ0) is 21.0. The van der Waals surface area contributed by atoms with E-state index in [1.165, 1.54) is 10.7 Å². The summed E-state index contributed by atoms with van der Waals surface area (Å²) >= 11 is 0. The summed E-state index contributed by atoms with van der Waals surface area (Å²) in [4.78, 5) is 37.5. The maximum Gasteiger partial charge on any atom is 0.356 e. The van der Waals surface area contributed by atoms with Crippen LogP contribution < -0.4 is 10.6 Å². The van der Waals surface area contributed by atoms with E-state index in [4.69, 9.17) is 5.11 Å². The summed E-state index contributed by atoms with van der Waals surface area (Å²) in [6.45, 7) is 4.64. The van der Waals surface area contributed by atoms with Crippen molar-refractivity contribution < 1.29 is 19.5 Å². The van der Waals surface area contributed by atoms with Gasteiger partial charge >= 0.3 is 12.0 Å². The van der Waals surface area contributed by atoms with Crippen molar-refractivity contribution in [1.29, 1.82) is 0 Å². The third-order valence-corrected chi connectivity index (χ3v) is 4.68. The van der Waals surface area contributed by atoms with Gasteiger partial charge in [-0.2, -0.15) is 5.10 Å². The predicted octanol–water partition coefficient (Wildman–Crippen LogP) is 1.77. The molecule has 0 spiro atoms. The average molecular weight is 399 g/mol. The molecule has 3 N–H and O–H groups in total. The standard InChI is InChI=1S/C20H25N5O4/c1-13(2)22-20(29)24-9-4-7-17(24)18(26)21-12-14-5-3-6-15(11-14)25-10-8-16(23-25)19(27)28/h3,5-6,8,10-11,13,17H,4,7,9,12H2,1-2H3,(H,21,26)(H,22,29)(H,27,28)/t17-/m0/s1. The number of aromatic carboxylic acids is 1. The molecule has 1 aromatic carbocycles. The number of aromatic nitrogens is 2. The number of carbonyl (C=O) groups excluding carboxylic acids is 2. The molecular weight excluding hydrogens is 374 g/mol. The Morgan fingerprint density at radius 1 is 1.28 bits per heavy atom. The molecule has 2 heterocycles. The molecule has 0 saturated carbocycles. The maximum absolute atomic E-state index is 12.6. The minimum atomic E-state index is -1.09. The highest BCUT2D eigenvalue weighted by Crippen LogP contribution is 2.18. The van der Waals surface area contributed by atoms with E-state index in [0.717, 1.165) is 12.0 Å². The fraction of sp³-hybridized carbons (Fsp3) is 0.400. The topological polar surface area (TPSA) is 117 Å². The number of rotatable bonds is 6. The van der Waals surface area contributed by atoms with Gasteiger partial charge in [0.1, 0.15) is 6.04 Å². The van der Waals surface area contributed by atoms with Gasteiger partial charge in [-0.25, -0.2) is 14.3 Å². The van der Waals surface area contributed by atoms with Gasteiger partial charge in [0.2, 0.25) is 5.91 Å². The van der Waals surface area contributed by atoms with Gasteiger partial charge in [-0.05, 0) is 50.5 Å². The van der Waals surface area contributed by atoms with Gasteiger partial charge in [0.25, 0.3) is 0 Å². The molecule has 1 aliphatic rings. The third kappa shape index (κ3) is 4.92. The predicted molar refractivity (Wildman–Crippen MR) is 106 cm³/mol. The number of carboxylic acids is 1. The van der Waals surface area contributed by atoms with Crippen molar-refractivity contribution in [2.45, 2.75) is 45.3 Å². The van der Waals surface area contributed by atoms with Crippen LogP contribution in [0.1, 0.15) is 42.7 Å². The summed E-state index contributed by atoms with van der Waals surface area (Å²) < 4.78 is 1.48. The molecule has 1 fully saturated rings. The van der Waals surface area contributed by atoms with Crippen molar-refractivity contribution >= 4 is 17.9 Å². The number of hydrogen-bond donors (Lipinski definition) is 3. The van der Waals surface area contributed by atoms with E-state index in [0.29, 0.717) is 25.2 Å². The van der Waals surface area contributed by atoms with Crippen LogP contribution in [0.4, 0.5) is 4.79 Å². The van der Waals surface area contributed by atoms with Gasteiger partial charge in [-0.15, -0.1) is 0 Å². The summed E-state index contributed by atoms with van der Waals surface area (Å²) in [7, 11) is 0. The zero-order valence-electron chi connectivity index (χ0n) is 16.5. The molecule has 2 aromatic rings. The Morgan fingerprint density at radius 3 is 2.76 bits per heavy atom. The minimum absolute atomic E-state index is 0.0125. The summed E-state index contributed by atoms with van der Waals surface area (Å²) in [5, 5.41) is 18.7. The maximum atomic E-state index is 12.6. The molecule has 3 amide bonds. The number of benzene rings is 1. The lowest BCUT2D eigenvalue weighted by molar-refractivity contribution is -0.124. The number of hydrogen-bond acceptors (Lipinski definition) is 4. The van der Waals surface area contributed by atoms with Gasteiger partial charge in [0, 0.05) is 25.3 Å². The summed E-state index contributed by atoms with van der Waals surface area (Å²) in [6, 6.07) is 8.07. The van der Waals surface area contributed by atoms with Crippen LogP contribution in [0.25, 0.3) is 5.69 Å². The molecule has 1 saturated heterocycles. The number of nitrogens with zero attached hydrogens (tertiary/aromatic N) is 3. The van der Waals surface area contributed by atoms with Gasteiger partial charge in [-0.1, -0.05) is 12.1 Å². The summed E-state index contributed by atoms with van der Waals surface area (Å²) in [6.07, 6.45) is 3.01. The van der Waals surface area contributed by atoms with E-state index in [1.807, 2.05) is 32.0 Å². The van der Waals surface area contributed by atoms with Crippen LogP contribution >= 0.6 is 0 Å². The van der Waals surface area contributed by atoms with E-state index in [2.05, 4.69) is 15.7 Å². The Kier molecular flexibility index (Phi) is 6.16. The Labute approximate surface area is 168 Å². The molecule has 0 bridgehead atoms. The first kappa shape index (κ1) is 20.4. The summed E-state index contributed by atoms with van der Waals surface area (Å²) in [5.74, 6) is -1.27. The lowest BCUT2D eigenvalue weighted by atomic mass is 10.1. The van der Waals surface area contributed by atoms with Crippen molar-refractivity contribution in [2.24, 2.45) is 0 Å². The van der Waals surface area contributed by atoms with Crippen molar-refractivity contribution in [3.8, 4) is 5.69 Å². The molecule has 9 heteroatoms. The first-order valence-corrected chi connectivity index (χ1v) is 9.58. The molecule has 1 aromatic heterocycles. The molecular formula is C20H25N5O4. The number of amides is 3. The van der Waals surface area contributed by atoms with E-state index in [1.54, 1.807) is 17.2 Å². The van der Waals surface area contributed by atoms with E-state index in [9.17, 15) is 14.4 Å². The second kappa shape index (κ2) is 8.76. The zero-order valence-corrected chi connectivity index (χ0v) is 16.5. The highest BCUT2D eigenvalue weighted by molar-refractivity contribution is 5.87. The second-order valence-electron chi connectivity index (χ2n) is 7.29. The molecule has 154 valence electrons. The van der Waals surface area contributed by atoms with Crippen molar-refractivity contribution in [3.63, 3.8) is 0 Å². The first-order chi connectivity index (χ1) is 13.8. The SMILES string of the molecule is CC(C)NC(=O)N1CCC[C@H]1C(=O)NCc1cccc(-n2ccc(C(=O)O)n2)c1. The summed E-state index contributed by atoms with van der Waals surface area (Å²) in [5.41, 5.74) is 1.51. The van der Waals surface area contributed by atoms with Crippen molar-refractivity contribution in [3.05, 3.63) is 47.8 Å².